The largest absolute Gasteiger partial charge is 0.508 e. The summed E-state index contributed by atoms with van der Waals surface area (Å²) < 4.78 is 0. The van der Waals surface area contributed by atoms with Crippen LogP contribution < -0.4 is 0 Å². The van der Waals surface area contributed by atoms with Crippen molar-refractivity contribution in [1.29, 1.82) is 0 Å². The van der Waals surface area contributed by atoms with Gasteiger partial charge in [0.1, 0.15) is 5.75 Å². The zero-order valence-corrected chi connectivity index (χ0v) is 8.81. The Bertz CT molecular complexity index is 225. The minimum atomic E-state index is 0. The van der Waals surface area contributed by atoms with Gasteiger partial charge < -0.3 is 5.11 Å². The molecule has 0 unspecified atom stereocenters. The molecule has 0 bridgehead atoms. The Kier molecular flexibility index (Phi) is 4.37. The van der Waals surface area contributed by atoms with Crippen molar-refractivity contribution in [2.45, 2.75) is 6.92 Å². The topological polar surface area (TPSA) is 20.2 Å². The Labute approximate surface area is 87.3 Å². The summed E-state index contributed by atoms with van der Waals surface area (Å²) in [6.07, 6.45) is 0. The molecule has 0 saturated heterocycles. The SMILES string of the molecule is Cc1cc(Cl)ccc1O.[Na]. The third kappa shape index (κ3) is 2.51. The molecule has 1 N–H and O–H groups in total. The number of halogens is 1. The summed E-state index contributed by atoms with van der Waals surface area (Å²) in [7, 11) is 0. The molecule has 0 saturated carbocycles. The number of phenolic OH excluding ortho intramolecular Hbond substituents is 1. The fourth-order valence-corrected chi connectivity index (χ4v) is 0.846. The van der Waals surface area contributed by atoms with Gasteiger partial charge in [-0.25, -0.2) is 0 Å². The number of aromatic hydroxyl groups is 1. The van der Waals surface area contributed by atoms with Crippen molar-refractivity contribution in [3.05, 3.63) is 28.8 Å². The Morgan fingerprint density at radius 3 is 2.40 bits per heavy atom. The van der Waals surface area contributed by atoms with Crippen LogP contribution in [0, 0.1) is 6.92 Å². The van der Waals surface area contributed by atoms with E-state index in [1.54, 1.807) is 25.1 Å². The fraction of sp³-hybridized carbons (Fsp3) is 0.143. The van der Waals surface area contributed by atoms with E-state index in [1.807, 2.05) is 0 Å². The second-order valence-corrected chi connectivity index (χ2v) is 2.37. The van der Waals surface area contributed by atoms with Crippen molar-refractivity contribution in [2.75, 3.05) is 0 Å². The van der Waals surface area contributed by atoms with Crippen LogP contribution >= 0.6 is 11.6 Å². The molecule has 1 radical (unpaired) electrons. The van der Waals surface area contributed by atoms with Crippen molar-refractivity contribution in [3.63, 3.8) is 0 Å². The molecule has 0 amide bonds. The van der Waals surface area contributed by atoms with Crippen molar-refractivity contribution < 1.29 is 5.11 Å². The first-order chi connectivity index (χ1) is 4.20. The minimum Gasteiger partial charge on any atom is -0.508 e. The quantitative estimate of drug-likeness (QED) is 0.583. The molecule has 49 valence electrons. The summed E-state index contributed by atoms with van der Waals surface area (Å²) >= 11 is 5.61. The second-order valence-electron chi connectivity index (χ2n) is 1.93. The zero-order chi connectivity index (χ0) is 6.85. The van der Waals surface area contributed by atoms with E-state index in [2.05, 4.69) is 0 Å². The molecule has 1 aromatic rings. The predicted octanol–water partition coefficient (Wildman–Crippen LogP) is 1.97. The van der Waals surface area contributed by atoms with E-state index >= 15 is 0 Å². The summed E-state index contributed by atoms with van der Waals surface area (Å²) in [5, 5.41) is 9.64. The molecule has 0 aliphatic carbocycles. The fourth-order valence-electron chi connectivity index (χ4n) is 0.619. The van der Waals surface area contributed by atoms with Gasteiger partial charge in [0, 0.05) is 34.6 Å². The number of hydrogen-bond donors (Lipinski definition) is 1. The summed E-state index contributed by atoms with van der Waals surface area (Å²) in [5.74, 6) is 0.291. The van der Waals surface area contributed by atoms with E-state index in [1.165, 1.54) is 0 Å². The van der Waals surface area contributed by atoms with Crippen LogP contribution in [0.2, 0.25) is 5.02 Å². The molecule has 0 aliphatic heterocycles. The third-order valence-corrected chi connectivity index (χ3v) is 1.39. The minimum absolute atomic E-state index is 0. The molecule has 1 nitrogen and oxygen atoms in total. The first-order valence-corrected chi connectivity index (χ1v) is 3.03. The monoisotopic (exact) mass is 165 g/mol. The molecule has 1 rings (SSSR count). The molecule has 0 spiro atoms. The summed E-state index contributed by atoms with van der Waals surface area (Å²) in [6.45, 7) is 1.81. The van der Waals surface area contributed by atoms with Gasteiger partial charge in [-0.1, -0.05) is 11.6 Å². The van der Waals surface area contributed by atoms with Crippen LogP contribution in [0.5, 0.6) is 5.75 Å². The van der Waals surface area contributed by atoms with Crippen molar-refractivity contribution >= 4 is 41.2 Å². The number of rotatable bonds is 0. The van der Waals surface area contributed by atoms with Gasteiger partial charge in [-0.05, 0) is 30.7 Å². The molecular formula is C7H7ClNaO. The van der Waals surface area contributed by atoms with Crippen LogP contribution in [0.4, 0.5) is 0 Å². The maximum absolute atomic E-state index is 8.99. The average molecular weight is 166 g/mol. The molecule has 1 aromatic carbocycles. The van der Waals surface area contributed by atoms with Crippen molar-refractivity contribution in [1.82, 2.24) is 0 Å². The van der Waals surface area contributed by atoms with Crippen LogP contribution in [0.25, 0.3) is 0 Å². The predicted molar refractivity (Wildman–Crippen MR) is 43.6 cm³/mol. The Morgan fingerprint density at radius 1 is 1.40 bits per heavy atom. The maximum Gasteiger partial charge on any atom is 0.118 e. The summed E-state index contributed by atoms with van der Waals surface area (Å²) in [5.41, 5.74) is 0.808. The van der Waals surface area contributed by atoms with Gasteiger partial charge in [-0.2, -0.15) is 0 Å². The molecule has 0 heterocycles. The van der Waals surface area contributed by atoms with Gasteiger partial charge in [-0.3, -0.25) is 0 Å². The second kappa shape index (κ2) is 4.24. The molecule has 0 aromatic heterocycles. The molecule has 3 heteroatoms. The van der Waals surface area contributed by atoms with E-state index in [0.29, 0.717) is 10.8 Å². The molecule has 0 aliphatic rings. The zero-order valence-electron chi connectivity index (χ0n) is 6.06. The number of aryl methyl sites for hydroxylation is 1. The van der Waals surface area contributed by atoms with Crippen LogP contribution in [-0.2, 0) is 0 Å². The van der Waals surface area contributed by atoms with Crippen LogP contribution in [0.3, 0.4) is 0 Å². The van der Waals surface area contributed by atoms with Gasteiger partial charge in [0.2, 0.25) is 0 Å². The summed E-state index contributed by atoms with van der Waals surface area (Å²) in [6, 6.07) is 4.96. The van der Waals surface area contributed by atoms with Gasteiger partial charge in [-0.15, -0.1) is 0 Å². The number of phenols is 1. The standard InChI is InChI=1S/C7H7ClO.Na/c1-5-4-6(8)2-3-7(5)9;/h2-4,9H,1H3;. The van der Waals surface area contributed by atoms with E-state index in [9.17, 15) is 0 Å². The Balaban J connectivity index is 0.000000810. The maximum atomic E-state index is 8.99. The normalized spacial score (nSPS) is 8.60. The summed E-state index contributed by atoms with van der Waals surface area (Å²) in [4.78, 5) is 0. The Morgan fingerprint density at radius 2 is 2.00 bits per heavy atom. The van der Waals surface area contributed by atoms with Crippen molar-refractivity contribution in [3.8, 4) is 5.75 Å². The third-order valence-electron chi connectivity index (χ3n) is 1.16. The van der Waals surface area contributed by atoms with E-state index in [4.69, 9.17) is 16.7 Å². The first kappa shape index (κ1) is 10.3. The molecule has 0 fully saturated rings. The number of hydrogen-bond acceptors (Lipinski definition) is 1. The first-order valence-electron chi connectivity index (χ1n) is 2.65. The Hall–Kier alpha value is 0.310. The van der Waals surface area contributed by atoms with Crippen LogP contribution in [-0.4, -0.2) is 34.7 Å². The molecule has 0 atom stereocenters. The van der Waals surface area contributed by atoms with E-state index in [0.717, 1.165) is 5.56 Å². The van der Waals surface area contributed by atoms with Gasteiger partial charge in [0.15, 0.2) is 0 Å². The van der Waals surface area contributed by atoms with Gasteiger partial charge in [0.25, 0.3) is 0 Å². The van der Waals surface area contributed by atoms with E-state index in [-0.39, 0.29) is 29.6 Å². The number of benzene rings is 1. The molecule has 10 heavy (non-hydrogen) atoms. The smallest absolute Gasteiger partial charge is 0.118 e. The molecular weight excluding hydrogens is 159 g/mol. The van der Waals surface area contributed by atoms with Gasteiger partial charge in [0.05, 0.1) is 0 Å². The van der Waals surface area contributed by atoms with Crippen LogP contribution in [0.1, 0.15) is 5.56 Å². The average Bonchev–Trinajstić information content (AvgIpc) is 1.80. The van der Waals surface area contributed by atoms with Crippen LogP contribution in [0.15, 0.2) is 18.2 Å². The van der Waals surface area contributed by atoms with Crippen molar-refractivity contribution in [2.24, 2.45) is 0 Å². The van der Waals surface area contributed by atoms with Gasteiger partial charge >= 0.3 is 0 Å². The van der Waals surface area contributed by atoms with E-state index < -0.39 is 0 Å².